The lowest BCUT2D eigenvalue weighted by atomic mass is 9.92. The zero-order chi connectivity index (χ0) is 20.9. The fourth-order valence-corrected chi connectivity index (χ4v) is 5.83. The van der Waals surface area contributed by atoms with E-state index in [1.165, 1.54) is 16.4 Å². The van der Waals surface area contributed by atoms with E-state index in [0.29, 0.717) is 30.4 Å². The van der Waals surface area contributed by atoms with Gasteiger partial charge < -0.3 is 4.42 Å². The van der Waals surface area contributed by atoms with Crippen molar-refractivity contribution >= 4 is 10.0 Å². The predicted octanol–water partition coefficient (Wildman–Crippen LogP) is 4.14. The van der Waals surface area contributed by atoms with Crippen molar-refractivity contribution in [1.82, 2.24) is 14.5 Å². The van der Waals surface area contributed by atoms with Crippen LogP contribution in [0.2, 0.25) is 0 Å². The minimum absolute atomic E-state index is 0.0123. The van der Waals surface area contributed by atoms with Crippen molar-refractivity contribution in [2.24, 2.45) is 5.41 Å². The van der Waals surface area contributed by atoms with Gasteiger partial charge in [0.2, 0.25) is 21.8 Å². The summed E-state index contributed by atoms with van der Waals surface area (Å²) in [7, 11) is -3.70. The molecule has 6 nitrogen and oxygen atoms in total. The number of nitrogens with zero attached hydrogens (tertiary/aromatic N) is 3. The summed E-state index contributed by atoms with van der Waals surface area (Å²) in [5.74, 6) is 0.807. The van der Waals surface area contributed by atoms with Crippen molar-refractivity contribution in [3.63, 3.8) is 0 Å². The van der Waals surface area contributed by atoms with Crippen molar-refractivity contribution < 1.29 is 17.2 Å². The van der Waals surface area contributed by atoms with Crippen LogP contribution in [0.25, 0.3) is 11.5 Å². The molecule has 1 aliphatic heterocycles. The van der Waals surface area contributed by atoms with Crippen molar-refractivity contribution in [3.05, 3.63) is 65.8 Å². The maximum atomic E-state index is 13.9. The largest absolute Gasteiger partial charge is 0.420 e. The van der Waals surface area contributed by atoms with Gasteiger partial charge in [0.15, 0.2) is 0 Å². The van der Waals surface area contributed by atoms with Crippen LogP contribution in [-0.2, 0) is 10.0 Å². The van der Waals surface area contributed by atoms with Gasteiger partial charge in [-0.2, -0.15) is 4.31 Å². The number of aromatic nitrogens is 2. The first-order chi connectivity index (χ1) is 14.4. The summed E-state index contributed by atoms with van der Waals surface area (Å²) in [6.07, 6.45) is 2.39. The van der Waals surface area contributed by atoms with Crippen LogP contribution in [0.5, 0.6) is 0 Å². The van der Waals surface area contributed by atoms with Gasteiger partial charge in [0.1, 0.15) is 5.82 Å². The van der Waals surface area contributed by atoms with E-state index in [0.717, 1.165) is 30.9 Å². The first-order valence-corrected chi connectivity index (χ1v) is 11.5. The van der Waals surface area contributed by atoms with Crippen molar-refractivity contribution in [2.45, 2.75) is 37.0 Å². The van der Waals surface area contributed by atoms with Crippen LogP contribution in [-0.4, -0.2) is 36.0 Å². The molecule has 156 valence electrons. The standard InChI is InChI=1S/C22H22FN3O3S/c1-15-7-8-17(13-19(15)23)30(27,28)26-11-9-22(10-12-26)14-18(22)21-25-24-20(29-21)16-5-3-2-4-6-16/h2-8,13,18H,9-12,14H2,1H3. The van der Waals surface area contributed by atoms with Crippen LogP contribution in [0, 0.1) is 18.2 Å². The average Bonchev–Trinajstić information content (AvgIpc) is 3.22. The molecule has 0 amide bonds. The number of halogens is 1. The highest BCUT2D eigenvalue weighted by molar-refractivity contribution is 7.89. The number of benzene rings is 2. The molecule has 5 rings (SSSR count). The van der Waals surface area contributed by atoms with E-state index in [1.807, 2.05) is 30.3 Å². The quantitative estimate of drug-likeness (QED) is 0.625. The first kappa shape index (κ1) is 19.4. The van der Waals surface area contributed by atoms with Gasteiger partial charge in [-0.1, -0.05) is 24.3 Å². The molecule has 1 atom stereocenters. The van der Waals surface area contributed by atoms with Gasteiger partial charge >= 0.3 is 0 Å². The molecule has 0 bridgehead atoms. The van der Waals surface area contributed by atoms with Gasteiger partial charge in [-0.25, -0.2) is 12.8 Å². The third-order valence-corrected chi connectivity index (χ3v) is 8.34. The summed E-state index contributed by atoms with van der Waals surface area (Å²) in [5.41, 5.74) is 1.34. The zero-order valence-electron chi connectivity index (χ0n) is 16.6. The maximum Gasteiger partial charge on any atom is 0.247 e. The highest BCUT2D eigenvalue weighted by atomic mass is 32.2. The molecule has 30 heavy (non-hydrogen) atoms. The summed E-state index contributed by atoms with van der Waals surface area (Å²) in [4.78, 5) is 0.0123. The second kappa shape index (κ2) is 6.99. The fraction of sp³-hybridized carbons (Fsp3) is 0.364. The molecule has 2 aliphatic rings. The van der Waals surface area contributed by atoms with Crippen LogP contribution in [0.3, 0.4) is 0 Å². The molecule has 2 fully saturated rings. The van der Waals surface area contributed by atoms with Gasteiger partial charge in [-0.3, -0.25) is 0 Å². The summed E-state index contributed by atoms with van der Waals surface area (Å²) in [6.45, 7) is 2.44. The Kier molecular flexibility index (Phi) is 4.52. The van der Waals surface area contributed by atoms with Crippen LogP contribution >= 0.6 is 0 Å². The SMILES string of the molecule is Cc1ccc(S(=O)(=O)N2CCC3(CC2)CC3c2nnc(-c3ccccc3)o2)cc1F. The third kappa shape index (κ3) is 3.24. The van der Waals surface area contributed by atoms with Gasteiger partial charge in [0.05, 0.1) is 4.90 Å². The van der Waals surface area contributed by atoms with E-state index >= 15 is 0 Å². The van der Waals surface area contributed by atoms with Crippen molar-refractivity contribution in [1.29, 1.82) is 0 Å². The second-order valence-corrected chi connectivity index (χ2v) is 10.2. The molecular weight excluding hydrogens is 405 g/mol. The predicted molar refractivity (Wildman–Crippen MR) is 109 cm³/mol. The topological polar surface area (TPSA) is 76.3 Å². The van der Waals surface area contributed by atoms with Crippen LogP contribution in [0.1, 0.15) is 36.6 Å². The van der Waals surface area contributed by atoms with Crippen LogP contribution in [0.4, 0.5) is 4.39 Å². The zero-order valence-corrected chi connectivity index (χ0v) is 17.4. The molecular formula is C22H22FN3O3S. The third-order valence-electron chi connectivity index (χ3n) is 6.45. The minimum atomic E-state index is -3.70. The Morgan fingerprint density at radius 2 is 1.83 bits per heavy atom. The highest BCUT2D eigenvalue weighted by Gasteiger charge is 2.58. The van der Waals surface area contributed by atoms with Gasteiger partial charge in [0.25, 0.3) is 0 Å². The molecule has 1 aliphatic carbocycles. The number of aryl methyl sites for hydroxylation is 1. The number of hydrogen-bond donors (Lipinski definition) is 0. The summed E-state index contributed by atoms with van der Waals surface area (Å²) < 4.78 is 47.1. The smallest absolute Gasteiger partial charge is 0.247 e. The molecule has 1 aromatic heterocycles. The number of hydrogen-bond acceptors (Lipinski definition) is 5. The molecule has 2 aromatic carbocycles. The lowest BCUT2D eigenvalue weighted by Gasteiger charge is -2.31. The molecule has 8 heteroatoms. The van der Waals surface area contributed by atoms with E-state index in [2.05, 4.69) is 10.2 Å². The maximum absolute atomic E-state index is 13.9. The lowest BCUT2D eigenvalue weighted by Crippen LogP contribution is -2.39. The Morgan fingerprint density at radius 3 is 2.53 bits per heavy atom. The monoisotopic (exact) mass is 427 g/mol. The lowest BCUT2D eigenvalue weighted by molar-refractivity contribution is 0.246. The summed E-state index contributed by atoms with van der Waals surface area (Å²) >= 11 is 0. The number of rotatable bonds is 4. The van der Waals surface area contributed by atoms with Crippen molar-refractivity contribution in [3.8, 4) is 11.5 Å². The summed E-state index contributed by atoms with van der Waals surface area (Å²) in [6, 6.07) is 13.7. The molecule has 1 spiro atoms. The number of sulfonamides is 1. The Balaban J connectivity index is 1.28. The van der Waals surface area contributed by atoms with Crippen LogP contribution < -0.4 is 0 Å². The highest BCUT2D eigenvalue weighted by Crippen LogP contribution is 2.64. The van der Waals surface area contributed by atoms with Gasteiger partial charge in [0, 0.05) is 24.6 Å². The molecule has 1 unspecified atom stereocenters. The van der Waals surface area contributed by atoms with E-state index in [9.17, 15) is 12.8 Å². The first-order valence-electron chi connectivity index (χ1n) is 10.0. The normalized spacial score (nSPS) is 21.1. The fourth-order valence-electron chi connectivity index (χ4n) is 4.38. The minimum Gasteiger partial charge on any atom is -0.420 e. The molecule has 1 saturated carbocycles. The molecule has 2 heterocycles. The average molecular weight is 428 g/mol. The van der Waals surface area contributed by atoms with Crippen LogP contribution in [0.15, 0.2) is 57.8 Å². The van der Waals surface area contributed by atoms with Crippen molar-refractivity contribution in [2.75, 3.05) is 13.1 Å². The molecule has 0 radical (unpaired) electrons. The summed E-state index contributed by atoms with van der Waals surface area (Å²) in [5, 5.41) is 8.42. The van der Waals surface area contributed by atoms with Gasteiger partial charge in [-0.05, 0) is 61.4 Å². The van der Waals surface area contributed by atoms with E-state index in [-0.39, 0.29) is 16.2 Å². The van der Waals surface area contributed by atoms with Gasteiger partial charge in [-0.15, -0.1) is 10.2 Å². The Morgan fingerprint density at radius 1 is 1.10 bits per heavy atom. The Labute approximate surface area is 174 Å². The molecule has 3 aromatic rings. The second-order valence-electron chi connectivity index (χ2n) is 8.25. The molecule has 0 N–H and O–H groups in total. The molecule has 1 saturated heterocycles. The van der Waals surface area contributed by atoms with E-state index in [1.54, 1.807) is 6.92 Å². The Hall–Kier alpha value is -2.58. The Bertz CT molecular complexity index is 1190. The van der Waals surface area contributed by atoms with E-state index in [4.69, 9.17) is 4.42 Å². The van der Waals surface area contributed by atoms with E-state index < -0.39 is 15.8 Å². The number of piperidine rings is 1.